The van der Waals surface area contributed by atoms with Gasteiger partial charge in [-0.1, -0.05) is 260 Å². The molecule has 0 fully saturated rings. The zero-order valence-electron chi connectivity index (χ0n) is 46.0. The molecule has 70 heavy (non-hydrogen) atoms. The zero-order valence-corrected chi connectivity index (χ0v) is 46.0. The summed E-state index contributed by atoms with van der Waals surface area (Å²) < 4.78 is 16.9. The standard InChI is InChI=1S/C64H110O6/c1-4-7-10-13-16-19-22-25-28-30-32-34-36-39-42-45-48-51-54-57-63(66)69-60-61(59-68-62(65)56-53-50-47-44-41-38-35-27-24-21-18-15-12-9-6-3)70-64(67)58-55-52-49-46-43-40-37-33-31-29-26-23-20-17-14-11-8-5-2/h11,14,17,20-21,23-24,26,29-33,37,61H,4-10,12-13,15-16,18-19,22,25,27-28,34-36,38-60H2,1-3H3/b14-11-,20-17-,24-21-,26-23-,31-29-,32-30-,37-33-. The van der Waals surface area contributed by atoms with Crippen molar-refractivity contribution in [1.29, 1.82) is 0 Å². The van der Waals surface area contributed by atoms with Crippen LogP contribution in [-0.2, 0) is 28.6 Å². The fourth-order valence-electron chi connectivity index (χ4n) is 8.23. The van der Waals surface area contributed by atoms with Crippen molar-refractivity contribution >= 4 is 17.9 Å². The molecule has 1 unspecified atom stereocenters. The van der Waals surface area contributed by atoms with Gasteiger partial charge >= 0.3 is 17.9 Å². The highest BCUT2D eigenvalue weighted by Gasteiger charge is 2.19. The van der Waals surface area contributed by atoms with E-state index >= 15 is 0 Å². The monoisotopic (exact) mass is 975 g/mol. The van der Waals surface area contributed by atoms with Crippen molar-refractivity contribution in [1.82, 2.24) is 0 Å². The second kappa shape index (κ2) is 58.2. The molecule has 0 saturated carbocycles. The van der Waals surface area contributed by atoms with Crippen molar-refractivity contribution < 1.29 is 28.6 Å². The number of ether oxygens (including phenoxy) is 3. The van der Waals surface area contributed by atoms with Crippen LogP contribution in [0.25, 0.3) is 0 Å². The van der Waals surface area contributed by atoms with E-state index in [4.69, 9.17) is 14.2 Å². The number of hydrogen-bond acceptors (Lipinski definition) is 6. The van der Waals surface area contributed by atoms with E-state index < -0.39 is 6.10 Å². The number of unbranched alkanes of at least 4 members (excludes halogenated alkanes) is 32. The minimum absolute atomic E-state index is 0.0903. The summed E-state index contributed by atoms with van der Waals surface area (Å²) in [6.07, 6.45) is 75.6. The second-order valence-electron chi connectivity index (χ2n) is 19.7. The van der Waals surface area contributed by atoms with E-state index in [1.54, 1.807) is 0 Å². The molecule has 6 heteroatoms. The molecule has 0 aromatic rings. The Kier molecular flexibility index (Phi) is 55.3. The lowest BCUT2D eigenvalue weighted by atomic mass is 10.1. The molecule has 6 nitrogen and oxygen atoms in total. The number of carbonyl (C=O) groups excluding carboxylic acids is 3. The fraction of sp³-hybridized carbons (Fsp3) is 0.734. The first kappa shape index (κ1) is 66.6. The zero-order chi connectivity index (χ0) is 50.7. The predicted molar refractivity (Wildman–Crippen MR) is 302 cm³/mol. The van der Waals surface area contributed by atoms with Crippen LogP contribution in [0.4, 0.5) is 0 Å². The number of esters is 3. The van der Waals surface area contributed by atoms with E-state index in [1.807, 2.05) is 24.3 Å². The Morgan fingerprint density at radius 3 is 0.914 bits per heavy atom. The minimum atomic E-state index is -0.795. The van der Waals surface area contributed by atoms with Crippen LogP contribution < -0.4 is 0 Å². The summed E-state index contributed by atoms with van der Waals surface area (Å²) in [5.41, 5.74) is 0. The van der Waals surface area contributed by atoms with E-state index in [1.165, 1.54) is 161 Å². The van der Waals surface area contributed by atoms with E-state index in [-0.39, 0.29) is 31.1 Å². The summed E-state index contributed by atoms with van der Waals surface area (Å²) >= 11 is 0. The topological polar surface area (TPSA) is 78.9 Å². The van der Waals surface area contributed by atoms with Crippen LogP contribution in [0.3, 0.4) is 0 Å². The van der Waals surface area contributed by atoms with Gasteiger partial charge in [-0.3, -0.25) is 14.4 Å². The highest BCUT2D eigenvalue weighted by molar-refractivity contribution is 5.71. The Bertz CT molecular complexity index is 1350. The summed E-state index contributed by atoms with van der Waals surface area (Å²) in [4.78, 5) is 38.2. The summed E-state index contributed by atoms with van der Waals surface area (Å²) in [6.45, 7) is 6.53. The van der Waals surface area contributed by atoms with E-state index in [2.05, 4.69) is 81.5 Å². The predicted octanol–water partition coefficient (Wildman–Crippen LogP) is 19.9. The molecule has 0 spiro atoms. The summed E-state index contributed by atoms with van der Waals surface area (Å²) in [5, 5.41) is 0. The first-order valence-corrected chi connectivity index (χ1v) is 29.7. The Labute approximate surface area is 433 Å². The SMILES string of the molecule is CCC\C=C/C=C\C=C/C=C\C=C/CCCCCCCC(=O)OC(COC(=O)CCCCCCCCC/C=C\CCCCCC)COC(=O)CCCCCCCCC/C=C\CCCCCCCCCC. The molecule has 0 bridgehead atoms. The maximum atomic E-state index is 12.9. The van der Waals surface area contributed by atoms with Gasteiger partial charge in [0.25, 0.3) is 0 Å². The molecule has 0 aliphatic carbocycles. The van der Waals surface area contributed by atoms with Gasteiger partial charge in [0.2, 0.25) is 0 Å². The summed E-state index contributed by atoms with van der Waals surface area (Å²) in [7, 11) is 0. The first-order chi connectivity index (χ1) is 34.5. The number of rotatable bonds is 53. The average Bonchev–Trinajstić information content (AvgIpc) is 3.36. The van der Waals surface area contributed by atoms with Gasteiger partial charge in [-0.25, -0.2) is 0 Å². The molecule has 0 heterocycles. The Morgan fingerprint density at radius 2 is 0.557 bits per heavy atom. The molecule has 0 saturated heterocycles. The van der Waals surface area contributed by atoms with Crippen LogP contribution in [0.5, 0.6) is 0 Å². The van der Waals surface area contributed by atoms with Gasteiger partial charge in [0.15, 0.2) is 6.10 Å². The number of carbonyl (C=O) groups is 3. The molecule has 1 atom stereocenters. The molecule has 0 N–H and O–H groups in total. The van der Waals surface area contributed by atoms with E-state index in [0.717, 1.165) is 83.5 Å². The lowest BCUT2D eigenvalue weighted by Gasteiger charge is -2.18. The maximum Gasteiger partial charge on any atom is 0.306 e. The first-order valence-electron chi connectivity index (χ1n) is 29.7. The Balaban J connectivity index is 4.44. The maximum absolute atomic E-state index is 12.9. The summed E-state index contributed by atoms with van der Waals surface area (Å²) in [5.74, 6) is -0.916. The molecule has 0 aliphatic rings. The van der Waals surface area contributed by atoms with Crippen molar-refractivity contribution in [3.05, 3.63) is 85.1 Å². The van der Waals surface area contributed by atoms with Crippen LogP contribution in [0, 0.1) is 0 Å². The van der Waals surface area contributed by atoms with Gasteiger partial charge in [-0.05, 0) is 89.9 Å². The highest BCUT2D eigenvalue weighted by Crippen LogP contribution is 2.15. The van der Waals surface area contributed by atoms with Gasteiger partial charge in [-0.15, -0.1) is 0 Å². The third kappa shape index (κ3) is 55.5. The average molecular weight is 976 g/mol. The smallest absolute Gasteiger partial charge is 0.306 e. The highest BCUT2D eigenvalue weighted by atomic mass is 16.6. The largest absolute Gasteiger partial charge is 0.462 e. The van der Waals surface area contributed by atoms with Crippen molar-refractivity contribution in [3.63, 3.8) is 0 Å². The lowest BCUT2D eigenvalue weighted by Crippen LogP contribution is -2.30. The van der Waals surface area contributed by atoms with E-state index in [9.17, 15) is 14.4 Å². The molecular formula is C64H110O6. The molecule has 0 aliphatic heterocycles. The molecule has 0 aromatic carbocycles. The molecule has 0 rings (SSSR count). The molecule has 0 radical (unpaired) electrons. The van der Waals surface area contributed by atoms with Crippen LogP contribution in [0.2, 0.25) is 0 Å². The van der Waals surface area contributed by atoms with Crippen molar-refractivity contribution in [2.75, 3.05) is 13.2 Å². The third-order valence-electron chi connectivity index (χ3n) is 12.7. The van der Waals surface area contributed by atoms with Crippen LogP contribution in [0.1, 0.15) is 284 Å². The van der Waals surface area contributed by atoms with Crippen molar-refractivity contribution in [2.24, 2.45) is 0 Å². The third-order valence-corrected chi connectivity index (χ3v) is 12.7. The van der Waals surface area contributed by atoms with Gasteiger partial charge in [0.05, 0.1) is 0 Å². The minimum Gasteiger partial charge on any atom is -0.462 e. The van der Waals surface area contributed by atoms with Crippen LogP contribution in [-0.4, -0.2) is 37.2 Å². The molecule has 0 aromatic heterocycles. The number of hydrogen-bond donors (Lipinski definition) is 0. The van der Waals surface area contributed by atoms with Gasteiger partial charge < -0.3 is 14.2 Å². The van der Waals surface area contributed by atoms with Gasteiger partial charge in [0.1, 0.15) is 13.2 Å². The van der Waals surface area contributed by atoms with Gasteiger partial charge in [-0.2, -0.15) is 0 Å². The van der Waals surface area contributed by atoms with Crippen molar-refractivity contribution in [3.8, 4) is 0 Å². The molecule has 0 amide bonds. The van der Waals surface area contributed by atoms with Gasteiger partial charge in [0, 0.05) is 19.3 Å². The molecular weight excluding hydrogens is 865 g/mol. The van der Waals surface area contributed by atoms with Crippen LogP contribution >= 0.6 is 0 Å². The molecule has 402 valence electrons. The van der Waals surface area contributed by atoms with Crippen LogP contribution in [0.15, 0.2) is 85.1 Å². The Hall–Kier alpha value is -3.41. The Morgan fingerprint density at radius 1 is 0.286 bits per heavy atom. The summed E-state index contributed by atoms with van der Waals surface area (Å²) in [6, 6.07) is 0. The fourth-order valence-corrected chi connectivity index (χ4v) is 8.23. The lowest BCUT2D eigenvalue weighted by molar-refractivity contribution is -0.167. The van der Waals surface area contributed by atoms with Crippen molar-refractivity contribution in [2.45, 2.75) is 290 Å². The number of allylic oxidation sites excluding steroid dienone is 14. The van der Waals surface area contributed by atoms with E-state index in [0.29, 0.717) is 19.3 Å². The second-order valence-corrected chi connectivity index (χ2v) is 19.7. The normalized spacial score (nSPS) is 12.7. The quantitative estimate of drug-likeness (QED) is 0.0199.